The Bertz CT molecular complexity index is 873. The predicted molar refractivity (Wildman–Crippen MR) is 91.6 cm³/mol. The van der Waals surface area contributed by atoms with Crippen LogP contribution >= 0.6 is 0 Å². The van der Waals surface area contributed by atoms with Crippen molar-refractivity contribution in [3.8, 4) is 0 Å². The third-order valence-corrected chi connectivity index (χ3v) is 3.75. The standard InChI is InChI=1S/C19H18N2O4/c1-13(19(23)20-12-14-7-3-2-4-8-14)24-18(22)11-16-15-9-5-6-10-17(15)25-21-16/h2-10,13H,11-12H2,1H3,(H,20,23)/t13-/m1/s1. The molecule has 3 aromatic rings. The van der Waals surface area contributed by atoms with Gasteiger partial charge >= 0.3 is 5.97 Å². The number of fused-ring (bicyclic) bond motifs is 1. The molecule has 25 heavy (non-hydrogen) atoms. The van der Waals surface area contributed by atoms with E-state index in [9.17, 15) is 9.59 Å². The van der Waals surface area contributed by atoms with E-state index in [0.717, 1.165) is 10.9 Å². The number of nitrogens with one attached hydrogen (secondary N) is 1. The highest BCUT2D eigenvalue weighted by atomic mass is 16.5. The fraction of sp³-hybridized carbons (Fsp3) is 0.211. The molecule has 1 N–H and O–H groups in total. The molecule has 0 fully saturated rings. The van der Waals surface area contributed by atoms with Crippen LogP contribution in [0.5, 0.6) is 0 Å². The average molecular weight is 338 g/mol. The van der Waals surface area contributed by atoms with E-state index in [2.05, 4.69) is 10.5 Å². The molecule has 128 valence electrons. The predicted octanol–water partition coefficient (Wildman–Crippen LogP) is 2.62. The van der Waals surface area contributed by atoms with Gasteiger partial charge in [0.25, 0.3) is 5.91 Å². The number of aromatic nitrogens is 1. The minimum atomic E-state index is -0.880. The van der Waals surface area contributed by atoms with Gasteiger partial charge in [0.05, 0.1) is 6.42 Å². The lowest BCUT2D eigenvalue weighted by atomic mass is 10.2. The Balaban J connectivity index is 1.52. The summed E-state index contributed by atoms with van der Waals surface area (Å²) < 4.78 is 10.3. The SMILES string of the molecule is C[C@@H](OC(=O)Cc1noc2ccccc12)C(=O)NCc1ccccc1. The molecular weight excluding hydrogens is 320 g/mol. The Kier molecular flexibility index (Phi) is 5.09. The van der Waals surface area contributed by atoms with Gasteiger partial charge in [0.15, 0.2) is 11.7 Å². The van der Waals surface area contributed by atoms with Crippen LogP contribution in [0.2, 0.25) is 0 Å². The molecule has 1 atom stereocenters. The van der Waals surface area contributed by atoms with Crippen LogP contribution in [0, 0.1) is 0 Å². The summed E-state index contributed by atoms with van der Waals surface area (Å²) in [6.07, 6.45) is -0.929. The number of rotatable bonds is 6. The van der Waals surface area contributed by atoms with Crippen LogP contribution in [0.15, 0.2) is 59.1 Å². The Morgan fingerprint density at radius 3 is 2.64 bits per heavy atom. The van der Waals surface area contributed by atoms with E-state index in [1.807, 2.05) is 48.5 Å². The summed E-state index contributed by atoms with van der Waals surface area (Å²) in [5, 5.41) is 7.39. The molecule has 0 aliphatic carbocycles. The quantitative estimate of drug-likeness (QED) is 0.699. The maximum Gasteiger partial charge on any atom is 0.312 e. The van der Waals surface area contributed by atoms with Gasteiger partial charge in [0, 0.05) is 11.9 Å². The third-order valence-electron chi connectivity index (χ3n) is 3.75. The fourth-order valence-corrected chi connectivity index (χ4v) is 2.42. The molecule has 1 aromatic heterocycles. The highest BCUT2D eigenvalue weighted by Gasteiger charge is 2.19. The molecule has 3 rings (SSSR count). The molecule has 0 unspecified atom stereocenters. The van der Waals surface area contributed by atoms with Gasteiger partial charge in [0.1, 0.15) is 5.69 Å². The van der Waals surface area contributed by atoms with Crippen LogP contribution in [0.3, 0.4) is 0 Å². The molecule has 1 heterocycles. The lowest BCUT2D eigenvalue weighted by molar-refractivity contribution is -0.154. The molecule has 0 radical (unpaired) electrons. The summed E-state index contributed by atoms with van der Waals surface area (Å²) in [5.74, 6) is -0.872. The van der Waals surface area contributed by atoms with Crippen molar-refractivity contribution in [1.82, 2.24) is 10.5 Å². The molecule has 6 heteroatoms. The second kappa shape index (κ2) is 7.61. The van der Waals surface area contributed by atoms with Gasteiger partial charge in [-0.05, 0) is 24.6 Å². The molecule has 1 amide bonds. The maximum absolute atomic E-state index is 12.1. The van der Waals surface area contributed by atoms with Crippen molar-refractivity contribution in [3.63, 3.8) is 0 Å². The number of hydrogen-bond donors (Lipinski definition) is 1. The van der Waals surface area contributed by atoms with E-state index in [0.29, 0.717) is 17.8 Å². The largest absolute Gasteiger partial charge is 0.452 e. The van der Waals surface area contributed by atoms with Crippen molar-refractivity contribution in [2.45, 2.75) is 26.0 Å². The normalized spacial score (nSPS) is 11.9. The van der Waals surface area contributed by atoms with Gasteiger partial charge in [0.2, 0.25) is 0 Å². The van der Waals surface area contributed by atoms with Crippen LogP contribution in [0.4, 0.5) is 0 Å². The summed E-state index contributed by atoms with van der Waals surface area (Å²) >= 11 is 0. The second-order valence-corrected chi connectivity index (χ2v) is 5.64. The van der Waals surface area contributed by atoms with Crippen molar-refractivity contribution in [2.24, 2.45) is 0 Å². The van der Waals surface area contributed by atoms with Crippen LogP contribution in [-0.2, 0) is 27.3 Å². The lowest BCUT2D eigenvalue weighted by Gasteiger charge is -2.13. The van der Waals surface area contributed by atoms with Crippen molar-refractivity contribution < 1.29 is 18.8 Å². The van der Waals surface area contributed by atoms with E-state index in [1.54, 1.807) is 13.0 Å². The summed E-state index contributed by atoms with van der Waals surface area (Å²) in [6, 6.07) is 16.8. The van der Waals surface area contributed by atoms with Gasteiger partial charge in [-0.2, -0.15) is 0 Å². The monoisotopic (exact) mass is 338 g/mol. The Labute approximate surface area is 144 Å². The smallest absolute Gasteiger partial charge is 0.312 e. The molecule has 0 bridgehead atoms. The van der Waals surface area contributed by atoms with Crippen molar-refractivity contribution in [1.29, 1.82) is 0 Å². The maximum atomic E-state index is 12.1. The number of para-hydroxylation sites is 1. The number of ether oxygens (including phenoxy) is 1. The average Bonchev–Trinajstić information content (AvgIpc) is 3.03. The molecular formula is C19H18N2O4. The van der Waals surface area contributed by atoms with Gasteiger partial charge < -0.3 is 14.6 Å². The zero-order valence-corrected chi connectivity index (χ0v) is 13.8. The highest BCUT2D eigenvalue weighted by Crippen LogP contribution is 2.18. The Morgan fingerprint density at radius 2 is 1.84 bits per heavy atom. The van der Waals surface area contributed by atoms with Gasteiger partial charge in [-0.25, -0.2) is 0 Å². The van der Waals surface area contributed by atoms with E-state index < -0.39 is 12.1 Å². The van der Waals surface area contributed by atoms with E-state index in [4.69, 9.17) is 9.26 Å². The number of carbonyl (C=O) groups excluding carboxylic acids is 2. The first kappa shape index (κ1) is 16.7. The van der Waals surface area contributed by atoms with Gasteiger partial charge in [-0.3, -0.25) is 9.59 Å². The minimum absolute atomic E-state index is 0.0483. The zero-order chi connectivity index (χ0) is 17.6. The van der Waals surface area contributed by atoms with E-state index in [-0.39, 0.29) is 12.3 Å². The molecule has 0 aliphatic heterocycles. The van der Waals surface area contributed by atoms with Crippen LogP contribution in [0.1, 0.15) is 18.2 Å². The minimum Gasteiger partial charge on any atom is -0.452 e. The summed E-state index contributed by atoms with van der Waals surface area (Å²) in [7, 11) is 0. The summed E-state index contributed by atoms with van der Waals surface area (Å²) in [5.41, 5.74) is 2.08. The van der Waals surface area contributed by atoms with Gasteiger partial charge in [-0.15, -0.1) is 0 Å². The fourth-order valence-electron chi connectivity index (χ4n) is 2.42. The number of carbonyl (C=O) groups is 2. The Morgan fingerprint density at radius 1 is 1.12 bits per heavy atom. The molecule has 6 nitrogen and oxygen atoms in total. The van der Waals surface area contributed by atoms with E-state index in [1.165, 1.54) is 0 Å². The first-order valence-corrected chi connectivity index (χ1v) is 7.98. The van der Waals surface area contributed by atoms with Crippen molar-refractivity contribution in [3.05, 3.63) is 65.9 Å². The van der Waals surface area contributed by atoms with Crippen LogP contribution < -0.4 is 5.32 Å². The number of amides is 1. The topological polar surface area (TPSA) is 81.4 Å². The number of benzene rings is 2. The number of hydrogen-bond acceptors (Lipinski definition) is 5. The summed E-state index contributed by atoms with van der Waals surface area (Å²) in [4.78, 5) is 24.1. The number of nitrogens with zero attached hydrogens (tertiary/aromatic N) is 1. The molecule has 2 aromatic carbocycles. The Hall–Kier alpha value is -3.15. The van der Waals surface area contributed by atoms with Crippen LogP contribution in [-0.4, -0.2) is 23.1 Å². The first-order chi connectivity index (χ1) is 12.1. The summed E-state index contributed by atoms with van der Waals surface area (Å²) in [6.45, 7) is 1.93. The molecule has 0 aliphatic rings. The molecule has 0 saturated carbocycles. The third kappa shape index (κ3) is 4.23. The highest BCUT2D eigenvalue weighted by molar-refractivity contribution is 5.86. The second-order valence-electron chi connectivity index (χ2n) is 5.64. The van der Waals surface area contributed by atoms with Gasteiger partial charge in [-0.1, -0.05) is 47.6 Å². The molecule has 0 saturated heterocycles. The molecule has 0 spiro atoms. The van der Waals surface area contributed by atoms with Crippen molar-refractivity contribution in [2.75, 3.05) is 0 Å². The first-order valence-electron chi connectivity index (χ1n) is 7.98. The van der Waals surface area contributed by atoms with E-state index >= 15 is 0 Å². The zero-order valence-electron chi connectivity index (χ0n) is 13.8. The van der Waals surface area contributed by atoms with Crippen molar-refractivity contribution >= 4 is 22.8 Å². The van der Waals surface area contributed by atoms with Crippen LogP contribution in [0.25, 0.3) is 11.0 Å². The lowest BCUT2D eigenvalue weighted by Crippen LogP contribution is -2.35. The number of esters is 1.